The first-order chi connectivity index (χ1) is 16.5. The van der Waals surface area contributed by atoms with Crippen LogP contribution in [0.2, 0.25) is 0 Å². The maximum absolute atomic E-state index is 13.7. The van der Waals surface area contributed by atoms with E-state index in [0.29, 0.717) is 24.3 Å². The number of nitrogen functional groups attached to an aromatic ring is 1. The fourth-order valence-electron chi connectivity index (χ4n) is 3.69. The van der Waals surface area contributed by atoms with Crippen LogP contribution in [0.1, 0.15) is 35.7 Å². The molecule has 0 fully saturated rings. The van der Waals surface area contributed by atoms with Crippen molar-refractivity contribution in [2.45, 2.75) is 32.9 Å². The quantitative estimate of drug-likeness (QED) is 0.416. The third-order valence-electron chi connectivity index (χ3n) is 5.50. The Morgan fingerprint density at radius 3 is 2.50 bits per heavy atom. The van der Waals surface area contributed by atoms with Crippen molar-refractivity contribution in [1.82, 2.24) is 14.5 Å². The summed E-state index contributed by atoms with van der Waals surface area (Å²) >= 11 is 0. The van der Waals surface area contributed by atoms with Crippen LogP contribution in [0.4, 0.5) is 11.5 Å². The molecule has 4 aromatic rings. The molecule has 174 valence electrons. The number of unbranched alkanes of at least 4 members (excludes halogenated alkanes) is 1. The Hall–Kier alpha value is -4.40. The number of H-pyrrole nitrogens is 1. The zero-order valence-electron chi connectivity index (χ0n) is 18.7. The largest absolute Gasteiger partial charge is 0.444 e. The van der Waals surface area contributed by atoms with Crippen molar-refractivity contribution < 1.29 is 9.21 Å². The van der Waals surface area contributed by atoms with Crippen molar-refractivity contribution in [3.8, 4) is 11.3 Å². The van der Waals surface area contributed by atoms with Crippen LogP contribution in [0.15, 0.2) is 81.2 Å². The van der Waals surface area contributed by atoms with Crippen LogP contribution in [0, 0.1) is 0 Å². The SMILES string of the molecule is CCCCn1c(N)c(N(Cc2ccccc2)C(=O)c2ccc(-c3cnco3)cc2)c(=O)[nH]c1=O. The van der Waals surface area contributed by atoms with Gasteiger partial charge in [0.25, 0.3) is 11.5 Å². The number of oxazole rings is 1. The van der Waals surface area contributed by atoms with Gasteiger partial charge in [-0.3, -0.25) is 24.0 Å². The minimum atomic E-state index is -0.710. The minimum Gasteiger partial charge on any atom is -0.444 e. The van der Waals surface area contributed by atoms with Crippen LogP contribution in [0.5, 0.6) is 0 Å². The molecule has 0 aliphatic heterocycles. The van der Waals surface area contributed by atoms with Gasteiger partial charge in [0.15, 0.2) is 17.8 Å². The van der Waals surface area contributed by atoms with Gasteiger partial charge in [0, 0.05) is 17.7 Å². The normalized spacial score (nSPS) is 10.9. The predicted molar refractivity (Wildman–Crippen MR) is 130 cm³/mol. The van der Waals surface area contributed by atoms with Crippen molar-refractivity contribution in [3.63, 3.8) is 0 Å². The Morgan fingerprint density at radius 1 is 1.12 bits per heavy atom. The molecule has 0 aliphatic carbocycles. The third kappa shape index (κ3) is 4.68. The summed E-state index contributed by atoms with van der Waals surface area (Å²) in [6.07, 6.45) is 4.45. The first-order valence-electron chi connectivity index (χ1n) is 11.0. The van der Waals surface area contributed by atoms with E-state index in [2.05, 4.69) is 9.97 Å². The molecule has 2 aromatic heterocycles. The molecule has 9 heteroatoms. The van der Waals surface area contributed by atoms with Crippen LogP contribution in [0.3, 0.4) is 0 Å². The van der Waals surface area contributed by atoms with E-state index in [1.807, 2.05) is 37.3 Å². The highest BCUT2D eigenvalue weighted by atomic mass is 16.3. The molecule has 9 nitrogen and oxygen atoms in total. The summed E-state index contributed by atoms with van der Waals surface area (Å²) in [5.41, 5.74) is 6.87. The van der Waals surface area contributed by atoms with E-state index in [-0.39, 0.29) is 18.1 Å². The van der Waals surface area contributed by atoms with Gasteiger partial charge in [-0.1, -0.05) is 55.8 Å². The highest BCUT2D eigenvalue weighted by Crippen LogP contribution is 2.24. The number of nitrogens with two attached hydrogens (primary N) is 1. The summed E-state index contributed by atoms with van der Waals surface area (Å²) in [4.78, 5) is 46.5. The first kappa shape index (κ1) is 22.8. The maximum atomic E-state index is 13.7. The van der Waals surface area contributed by atoms with E-state index in [9.17, 15) is 14.4 Å². The highest BCUT2D eigenvalue weighted by molar-refractivity contribution is 6.07. The molecule has 0 saturated heterocycles. The van der Waals surface area contributed by atoms with Gasteiger partial charge in [0.2, 0.25) is 0 Å². The second kappa shape index (κ2) is 10.0. The fraction of sp³-hybridized carbons (Fsp3) is 0.200. The van der Waals surface area contributed by atoms with E-state index < -0.39 is 17.2 Å². The van der Waals surface area contributed by atoms with Crippen molar-refractivity contribution >= 4 is 17.4 Å². The number of nitrogens with zero attached hydrogens (tertiary/aromatic N) is 3. The number of anilines is 2. The monoisotopic (exact) mass is 459 g/mol. The molecule has 4 rings (SSSR count). The number of hydrogen-bond donors (Lipinski definition) is 2. The average Bonchev–Trinajstić information content (AvgIpc) is 3.38. The number of rotatable bonds is 8. The molecule has 34 heavy (non-hydrogen) atoms. The topological polar surface area (TPSA) is 127 Å². The van der Waals surface area contributed by atoms with Crippen molar-refractivity contribution in [3.05, 3.63) is 99.2 Å². The van der Waals surface area contributed by atoms with Gasteiger partial charge in [-0.25, -0.2) is 9.78 Å². The molecule has 3 N–H and O–H groups in total. The number of aromatic nitrogens is 3. The maximum Gasteiger partial charge on any atom is 0.330 e. The molecular weight excluding hydrogens is 434 g/mol. The fourth-order valence-corrected chi connectivity index (χ4v) is 3.69. The van der Waals surface area contributed by atoms with Crippen LogP contribution in [0.25, 0.3) is 11.3 Å². The lowest BCUT2D eigenvalue weighted by atomic mass is 10.1. The zero-order chi connectivity index (χ0) is 24.1. The molecule has 0 atom stereocenters. The average molecular weight is 460 g/mol. The molecule has 1 amide bonds. The molecule has 0 bridgehead atoms. The van der Waals surface area contributed by atoms with Crippen molar-refractivity contribution in [1.29, 1.82) is 0 Å². The van der Waals surface area contributed by atoms with Crippen molar-refractivity contribution in [2.24, 2.45) is 0 Å². The summed E-state index contributed by atoms with van der Waals surface area (Å²) in [5.74, 6) is 0.111. The number of carbonyl (C=O) groups is 1. The van der Waals surface area contributed by atoms with Gasteiger partial charge in [-0.15, -0.1) is 0 Å². The molecule has 0 unspecified atom stereocenters. The Labute approximate surface area is 195 Å². The van der Waals surface area contributed by atoms with Gasteiger partial charge in [0.05, 0.1) is 12.7 Å². The van der Waals surface area contributed by atoms with Gasteiger partial charge >= 0.3 is 5.69 Å². The Kier molecular flexibility index (Phi) is 6.72. The van der Waals surface area contributed by atoms with E-state index >= 15 is 0 Å². The lowest BCUT2D eigenvalue weighted by Crippen LogP contribution is -2.41. The highest BCUT2D eigenvalue weighted by Gasteiger charge is 2.25. The predicted octanol–water partition coefficient (Wildman–Crippen LogP) is 3.42. The number of benzene rings is 2. The molecule has 0 aliphatic rings. The van der Waals surface area contributed by atoms with E-state index in [1.165, 1.54) is 15.9 Å². The third-order valence-corrected chi connectivity index (χ3v) is 5.50. The van der Waals surface area contributed by atoms with Gasteiger partial charge in [-0.05, 0) is 24.1 Å². The van der Waals surface area contributed by atoms with Gasteiger partial charge in [0.1, 0.15) is 5.82 Å². The van der Waals surface area contributed by atoms with Crippen LogP contribution < -0.4 is 21.9 Å². The van der Waals surface area contributed by atoms with Crippen LogP contribution in [-0.2, 0) is 13.1 Å². The van der Waals surface area contributed by atoms with Gasteiger partial charge < -0.3 is 10.2 Å². The van der Waals surface area contributed by atoms with E-state index in [4.69, 9.17) is 10.2 Å². The summed E-state index contributed by atoms with van der Waals surface area (Å²) in [5, 5.41) is 0. The lowest BCUT2D eigenvalue weighted by molar-refractivity contribution is 0.0984. The summed E-state index contributed by atoms with van der Waals surface area (Å²) in [7, 11) is 0. The van der Waals surface area contributed by atoms with Gasteiger partial charge in [-0.2, -0.15) is 0 Å². The Bertz CT molecular complexity index is 1370. The smallest absolute Gasteiger partial charge is 0.330 e. The summed E-state index contributed by atoms with van der Waals surface area (Å²) < 4.78 is 6.61. The zero-order valence-corrected chi connectivity index (χ0v) is 18.7. The molecule has 0 saturated carbocycles. The summed E-state index contributed by atoms with van der Waals surface area (Å²) in [6.45, 7) is 2.43. The minimum absolute atomic E-state index is 0.0373. The molecular formula is C25H25N5O4. The first-order valence-corrected chi connectivity index (χ1v) is 11.0. The van der Waals surface area contributed by atoms with E-state index in [1.54, 1.807) is 30.5 Å². The van der Waals surface area contributed by atoms with Crippen molar-refractivity contribution in [2.75, 3.05) is 10.6 Å². The lowest BCUT2D eigenvalue weighted by Gasteiger charge is -2.25. The number of carbonyl (C=O) groups excluding carboxylic acids is 1. The number of aromatic amines is 1. The Morgan fingerprint density at radius 2 is 1.85 bits per heavy atom. The Balaban J connectivity index is 1.78. The summed E-state index contributed by atoms with van der Waals surface area (Å²) in [6, 6.07) is 16.0. The second-order valence-electron chi connectivity index (χ2n) is 7.82. The van der Waals surface area contributed by atoms with E-state index in [0.717, 1.165) is 17.5 Å². The second-order valence-corrected chi connectivity index (χ2v) is 7.82. The van der Waals surface area contributed by atoms with Crippen LogP contribution in [-0.4, -0.2) is 20.4 Å². The molecule has 0 radical (unpaired) electrons. The van der Waals surface area contributed by atoms with Crippen LogP contribution >= 0.6 is 0 Å². The molecule has 2 aromatic carbocycles. The number of hydrogen-bond acceptors (Lipinski definition) is 6. The number of amides is 1. The standard InChI is InChI=1S/C25H25N5O4/c1-2-3-13-29-22(26)21(23(31)28-25(29)33)30(15-17-7-5-4-6-8-17)24(32)19-11-9-18(10-12-19)20-14-27-16-34-20/h4-12,14,16H,2-3,13,15,26H2,1H3,(H,28,31,33). The number of nitrogens with one attached hydrogen (secondary N) is 1. The molecule has 0 spiro atoms. The molecule has 2 heterocycles.